The van der Waals surface area contributed by atoms with Crippen LogP contribution in [0.15, 0.2) is 23.5 Å². The molecular formula is C19H36N6. The molecule has 1 aliphatic heterocycles. The van der Waals surface area contributed by atoms with Crippen molar-refractivity contribution in [2.24, 2.45) is 16.8 Å². The van der Waals surface area contributed by atoms with E-state index in [1.807, 2.05) is 23.1 Å². The quantitative estimate of drug-likeness (QED) is 0.408. The SMILES string of the molecule is CCNC(=NCC(C)Cn1cccn1)NCCCN1CCC(C)CC1. The van der Waals surface area contributed by atoms with Crippen LogP contribution >= 0.6 is 0 Å². The highest BCUT2D eigenvalue weighted by Crippen LogP contribution is 2.15. The van der Waals surface area contributed by atoms with Crippen molar-refractivity contribution in [1.82, 2.24) is 25.3 Å². The van der Waals surface area contributed by atoms with Gasteiger partial charge in [-0.05, 0) is 63.7 Å². The average molecular weight is 349 g/mol. The second-order valence-corrected chi connectivity index (χ2v) is 7.36. The molecule has 0 saturated carbocycles. The van der Waals surface area contributed by atoms with E-state index in [0.29, 0.717) is 5.92 Å². The third-order valence-electron chi connectivity index (χ3n) is 4.78. The number of hydrogen-bond acceptors (Lipinski definition) is 3. The maximum atomic E-state index is 4.73. The Morgan fingerprint density at radius 2 is 2.12 bits per heavy atom. The van der Waals surface area contributed by atoms with Gasteiger partial charge in [0, 0.05) is 38.6 Å². The lowest BCUT2D eigenvalue weighted by molar-refractivity contribution is 0.191. The molecule has 0 amide bonds. The van der Waals surface area contributed by atoms with E-state index in [-0.39, 0.29) is 0 Å². The van der Waals surface area contributed by atoms with Gasteiger partial charge < -0.3 is 15.5 Å². The zero-order valence-electron chi connectivity index (χ0n) is 16.2. The predicted octanol–water partition coefficient (Wildman–Crippen LogP) is 2.20. The standard InChI is InChI=1S/C19H36N6/c1-4-20-19(22-15-18(3)16-25-12-6-10-23-25)21-9-5-11-24-13-7-17(2)8-14-24/h6,10,12,17-18H,4-5,7-9,11,13-16H2,1-3H3,(H2,20,21,22). The molecule has 1 aromatic heterocycles. The summed E-state index contributed by atoms with van der Waals surface area (Å²) in [5.41, 5.74) is 0. The molecule has 1 fully saturated rings. The summed E-state index contributed by atoms with van der Waals surface area (Å²) in [7, 11) is 0. The van der Waals surface area contributed by atoms with E-state index in [2.05, 4.69) is 41.4 Å². The molecule has 1 aliphatic rings. The van der Waals surface area contributed by atoms with Crippen LogP contribution in [-0.4, -0.2) is 59.9 Å². The Hall–Kier alpha value is -1.56. The molecule has 1 saturated heterocycles. The first-order chi connectivity index (χ1) is 12.2. The molecule has 0 radical (unpaired) electrons. The first-order valence-corrected chi connectivity index (χ1v) is 9.89. The Balaban J connectivity index is 1.64. The van der Waals surface area contributed by atoms with Crippen molar-refractivity contribution in [3.8, 4) is 0 Å². The van der Waals surface area contributed by atoms with Gasteiger partial charge in [-0.2, -0.15) is 5.10 Å². The zero-order chi connectivity index (χ0) is 17.9. The van der Waals surface area contributed by atoms with Crippen LogP contribution in [0.3, 0.4) is 0 Å². The van der Waals surface area contributed by atoms with E-state index in [4.69, 9.17) is 4.99 Å². The Kier molecular flexibility index (Phi) is 8.80. The Bertz CT molecular complexity index is 476. The number of piperidine rings is 1. The van der Waals surface area contributed by atoms with E-state index < -0.39 is 0 Å². The van der Waals surface area contributed by atoms with Gasteiger partial charge in [-0.15, -0.1) is 0 Å². The van der Waals surface area contributed by atoms with Crippen molar-refractivity contribution in [1.29, 1.82) is 0 Å². The number of hydrogen-bond donors (Lipinski definition) is 2. The summed E-state index contributed by atoms with van der Waals surface area (Å²) in [5, 5.41) is 11.1. The lowest BCUT2D eigenvalue weighted by Gasteiger charge is -2.30. The number of rotatable bonds is 9. The molecule has 142 valence electrons. The Morgan fingerprint density at radius 1 is 1.32 bits per heavy atom. The fourth-order valence-corrected chi connectivity index (χ4v) is 3.17. The highest BCUT2D eigenvalue weighted by molar-refractivity contribution is 5.79. The van der Waals surface area contributed by atoms with Gasteiger partial charge in [-0.1, -0.05) is 13.8 Å². The van der Waals surface area contributed by atoms with Gasteiger partial charge in [0.05, 0.1) is 0 Å². The maximum absolute atomic E-state index is 4.73. The number of aliphatic imine (C=N–C) groups is 1. The molecule has 0 aromatic carbocycles. The molecule has 0 aliphatic carbocycles. The second-order valence-electron chi connectivity index (χ2n) is 7.36. The second kappa shape index (κ2) is 11.1. The van der Waals surface area contributed by atoms with Gasteiger partial charge in [0.25, 0.3) is 0 Å². The van der Waals surface area contributed by atoms with Crippen LogP contribution in [0, 0.1) is 11.8 Å². The number of nitrogens with zero attached hydrogens (tertiary/aromatic N) is 4. The molecule has 1 unspecified atom stereocenters. The molecule has 6 nitrogen and oxygen atoms in total. The van der Waals surface area contributed by atoms with Crippen molar-refractivity contribution in [3.63, 3.8) is 0 Å². The van der Waals surface area contributed by atoms with Crippen molar-refractivity contribution in [2.45, 2.75) is 46.6 Å². The number of nitrogens with one attached hydrogen (secondary N) is 2. The fraction of sp³-hybridized carbons (Fsp3) is 0.789. The van der Waals surface area contributed by atoms with Crippen LogP contribution in [0.25, 0.3) is 0 Å². The third-order valence-corrected chi connectivity index (χ3v) is 4.78. The summed E-state index contributed by atoms with van der Waals surface area (Å²) >= 11 is 0. The predicted molar refractivity (Wildman–Crippen MR) is 105 cm³/mol. The minimum absolute atomic E-state index is 0.464. The van der Waals surface area contributed by atoms with E-state index in [0.717, 1.165) is 38.1 Å². The lowest BCUT2D eigenvalue weighted by Crippen LogP contribution is -2.40. The minimum atomic E-state index is 0.464. The highest BCUT2D eigenvalue weighted by atomic mass is 15.3. The summed E-state index contributed by atoms with van der Waals surface area (Å²) < 4.78 is 1.97. The Labute approximate surface area is 153 Å². The first kappa shape index (κ1) is 19.8. The van der Waals surface area contributed by atoms with E-state index in [1.54, 1.807) is 0 Å². The van der Waals surface area contributed by atoms with Crippen LogP contribution in [0.1, 0.15) is 40.0 Å². The smallest absolute Gasteiger partial charge is 0.191 e. The third kappa shape index (κ3) is 7.90. The van der Waals surface area contributed by atoms with E-state index >= 15 is 0 Å². The summed E-state index contributed by atoms with van der Waals surface area (Å²) in [6, 6.07) is 1.96. The minimum Gasteiger partial charge on any atom is -0.357 e. The van der Waals surface area contributed by atoms with Gasteiger partial charge in [-0.3, -0.25) is 9.67 Å². The highest BCUT2D eigenvalue weighted by Gasteiger charge is 2.14. The van der Waals surface area contributed by atoms with Crippen LogP contribution in [0.5, 0.6) is 0 Å². The summed E-state index contributed by atoms with van der Waals surface area (Å²) in [4.78, 5) is 7.32. The summed E-state index contributed by atoms with van der Waals surface area (Å²) in [5.74, 6) is 2.30. The van der Waals surface area contributed by atoms with Crippen LogP contribution < -0.4 is 10.6 Å². The fourth-order valence-electron chi connectivity index (χ4n) is 3.17. The van der Waals surface area contributed by atoms with E-state index in [9.17, 15) is 0 Å². The largest absolute Gasteiger partial charge is 0.357 e. The van der Waals surface area contributed by atoms with Crippen molar-refractivity contribution in [2.75, 3.05) is 39.3 Å². The van der Waals surface area contributed by atoms with Crippen molar-refractivity contribution < 1.29 is 0 Å². The number of aromatic nitrogens is 2. The zero-order valence-corrected chi connectivity index (χ0v) is 16.2. The monoisotopic (exact) mass is 348 g/mol. The molecule has 0 spiro atoms. The molecule has 6 heteroatoms. The van der Waals surface area contributed by atoms with E-state index in [1.165, 1.54) is 38.9 Å². The summed E-state index contributed by atoms with van der Waals surface area (Å²) in [6.07, 6.45) is 7.70. The van der Waals surface area contributed by atoms with Gasteiger partial charge >= 0.3 is 0 Å². The van der Waals surface area contributed by atoms with Gasteiger partial charge in [0.1, 0.15) is 0 Å². The topological polar surface area (TPSA) is 57.5 Å². The lowest BCUT2D eigenvalue weighted by atomic mass is 9.99. The van der Waals surface area contributed by atoms with Crippen molar-refractivity contribution >= 4 is 5.96 Å². The maximum Gasteiger partial charge on any atom is 0.191 e. The molecule has 1 aromatic rings. The molecule has 1 atom stereocenters. The number of guanidine groups is 1. The van der Waals surface area contributed by atoms with Gasteiger partial charge in [0.15, 0.2) is 5.96 Å². The van der Waals surface area contributed by atoms with Gasteiger partial charge in [0.2, 0.25) is 0 Å². The molecule has 2 heterocycles. The van der Waals surface area contributed by atoms with Crippen LogP contribution in [-0.2, 0) is 6.54 Å². The molecule has 25 heavy (non-hydrogen) atoms. The molecule has 2 rings (SSSR count). The average Bonchev–Trinajstić information content (AvgIpc) is 3.11. The van der Waals surface area contributed by atoms with Crippen LogP contribution in [0.4, 0.5) is 0 Å². The number of likely N-dealkylation sites (tertiary alicyclic amines) is 1. The normalized spacial score (nSPS) is 18.3. The summed E-state index contributed by atoms with van der Waals surface area (Å²) in [6.45, 7) is 14.0. The van der Waals surface area contributed by atoms with Crippen molar-refractivity contribution in [3.05, 3.63) is 18.5 Å². The Morgan fingerprint density at radius 3 is 2.80 bits per heavy atom. The molecular weight excluding hydrogens is 312 g/mol. The molecule has 2 N–H and O–H groups in total. The van der Waals surface area contributed by atoms with Gasteiger partial charge in [-0.25, -0.2) is 0 Å². The molecule has 0 bridgehead atoms. The van der Waals surface area contributed by atoms with Crippen LogP contribution in [0.2, 0.25) is 0 Å². The first-order valence-electron chi connectivity index (χ1n) is 9.89.